The number of fused-ring (bicyclic) bond motifs is 1. The Morgan fingerprint density at radius 1 is 1.37 bits per heavy atom. The van der Waals surface area contributed by atoms with Gasteiger partial charge in [-0.25, -0.2) is 0 Å². The number of ketones is 1. The van der Waals surface area contributed by atoms with Crippen LogP contribution < -0.4 is 9.47 Å². The van der Waals surface area contributed by atoms with E-state index in [0.29, 0.717) is 22.9 Å². The molecule has 0 atom stereocenters. The van der Waals surface area contributed by atoms with Crippen LogP contribution in [0.2, 0.25) is 0 Å². The molecule has 7 nitrogen and oxygen atoms in total. The third kappa shape index (κ3) is 2.37. The first kappa shape index (κ1) is 11.9. The van der Waals surface area contributed by atoms with Gasteiger partial charge in [-0.1, -0.05) is 0 Å². The van der Waals surface area contributed by atoms with E-state index in [2.05, 4.69) is 15.4 Å². The number of carbonyl (C=O) groups is 1. The van der Waals surface area contributed by atoms with Gasteiger partial charge in [0.2, 0.25) is 6.79 Å². The van der Waals surface area contributed by atoms with E-state index in [0.717, 1.165) is 0 Å². The predicted molar refractivity (Wildman–Crippen MR) is 64.3 cm³/mol. The lowest BCUT2D eigenvalue weighted by molar-refractivity contribution is 0.0961. The number of benzene rings is 1. The summed E-state index contributed by atoms with van der Waals surface area (Å²) < 4.78 is 10.4. The summed E-state index contributed by atoms with van der Waals surface area (Å²) in [6.07, 6.45) is 0. The maximum Gasteiger partial charge on any atom is 0.231 e. The summed E-state index contributed by atoms with van der Waals surface area (Å²) in [7, 11) is 0. The molecular formula is C11H9ClN4O3. The minimum atomic E-state index is -0.142. The monoisotopic (exact) mass is 280 g/mol. The van der Waals surface area contributed by atoms with Gasteiger partial charge in [-0.2, -0.15) is 4.80 Å². The quantitative estimate of drug-likeness (QED) is 0.615. The molecule has 0 saturated carbocycles. The highest BCUT2D eigenvalue weighted by atomic mass is 35.5. The first-order chi connectivity index (χ1) is 9.26. The average Bonchev–Trinajstić information content (AvgIpc) is 3.05. The zero-order chi connectivity index (χ0) is 13.2. The summed E-state index contributed by atoms with van der Waals surface area (Å²) in [5.74, 6) is 1.62. The Bertz CT molecular complexity index is 628. The van der Waals surface area contributed by atoms with E-state index >= 15 is 0 Å². The Hall–Kier alpha value is -2.15. The molecule has 2 heterocycles. The lowest BCUT2D eigenvalue weighted by Crippen LogP contribution is -2.13. The van der Waals surface area contributed by atoms with Crippen LogP contribution in [-0.4, -0.2) is 32.8 Å². The van der Waals surface area contributed by atoms with E-state index < -0.39 is 0 Å². The molecule has 19 heavy (non-hydrogen) atoms. The van der Waals surface area contributed by atoms with Crippen molar-refractivity contribution in [1.82, 2.24) is 20.2 Å². The van der Waals surface area contributed by atoms with Gasteiger partial charge >= 0.3 is 0 Å². The number of ether oxygens (including phenoxy) is 2. The number of hydrogen-bond acceptors (Lipinski definition) is 6. The zero-order valence-electron chi connectivity index (χ0n) is 9.74. The first-order valence-electron chi connectivity index (χ1n) is 5.52. The number of carbonyl (C=O) groups excluding carboxylic acids is 1. The van der Waals surface area contributed by atoms with Gasteiger partial charge in [0.1, 0.15) is 6.54 Å². The molecule has 1 aliphatic heterocycles. The standard InChI is InChI=1S/C11H9ClN4O3/c12-4-11-13-15-16(14-11)5-8(17)7-1-2-9-10(3-7)19-6-18-9/h1-3H,4-6H2. The maximum absolute atomic E-state index is 12.1. The Morgan fingerprint density at radius 2 is 2.21 bits per heavy atom. The van der Waals surface area contributed by atoms with Crippen LogP contribution in [0.1, 0.15) is 16.2 Å². The Kier molecular flexibility index (Phi) is 3.04. The molecule has 8 heteroatoms. The summed E-state index contributed by atoms with van der Waals surface area (Å²) in [6, 6.07) is 5.02. The van der Waals surface area contributed by atoms with Crippen molar-refractivity contribution in [2.45, 2.75) is 12.4 Å². The van der Waals surface area contributed by atoms with Crippen LogP contribution >= 0.6 is 11.6 Å². The molecule has 0 unspecified atom stereocenters. The average molecular weight is 281 g/mol. The van der Waals surface area contributed by atoms with Gasteiger partial charge in [0.15, 0.2) is 23.1 Å². The molecule has 98 valence electrons. The normalized spacial score (nSPS) is 12.7. The third-order valence-electron chi connectivity index (χ3n) is 2.59. The Morgan fingerprint density at radius 3 is 3.00 bits per heavy atom. The van der Waals surface area contributed by atoms with Crippen LogP contribution in [0.3, 0.4) is 0 Å². The van der Waals surface area contributed by atoms with Crippen LogP contribution in [0.4, 0.5) is 0 Å². The molecule has 0 amide bonds. The number of aromatic nitrogens is 4. The Labute approximate surface area is 113 Å². The molecular weight excluding hydrogens is 272 g/mol. The van der Waals surface area contributed by atoms with Crippen molar-refractivity contribution in [2.24, 2.45) is 0 Å². The maximum atomic E-state index is 12.1. The number of Topliss-reactive ketones (excluding diaryl/α,β-unsaturated/α-hetero) is 1. The van der Waals surface area contributed by atoms with E-state index in [1.165, 1.54) is 4.80 Å². The van der Waals surface area contributed by atoms with Crippen molar-refractivity contribution in [2.75, 3.05) is 6.79 Å². The number of tetrazole rings is 1. The molecule has 0 spiro atoms. The van der Waals surface area contributed by atoms with Gasteiger partial charge in [0.25, 0.3) is 0 Å². The number of alkyl halides is 1. The highest BCUT2D eigenvalue weighted by Crippen LogP contribution is 2.32. The van der Waals surface area contributed by atoms with Crippen LogP contribution in [0, 0.1) is 0 Å². The molecule has 1 aliphatic rings. The third-order valence-corrected chi connectivity index (χ3v) is 2.83. The topological polar surface area (TPSA) is 79.1 Å². The number of nitrogens with zero attached hydrogens (tertiary/aromatic N) is 4. The number of hydrogen-bond donors (Lipinski definition) is 0. The lowest BCUT2D eigenvalue weighted by atomic mass is 10.1. The zero-order valence-corrected chi connectivity index (χ0v) is 10.5. The molecule has 0 radical (unpaired) electrons. The lowest BCUT2D eigenvalue weighted by Gasteiger charge is -2.01. The molecule has 2 aromatic rings. The second kappa shape index (κ2) is 4.85. The van der Waals surface area contributed by atoms with Gasteiger partial charge in [-0.05, 0) is 23.4 Å². The molecule has 0 saturated heterocycles. The summed E-state index contributed by atoms with van der Waals surface area (Å²) in [5, 5.41) is 11.4. The van der Waals surface area contributed by atoms with E-state index in [9.17, 15) is 4.79 Å². The predicted octanol–water partition coefficient (Wildman–Crippen LogP) is 1.02. The van der Waals surface area contributed by atoms with E-state index in [4.69, 9.17) is 21.1 Å². The highest BCUT2D eigenvalue weighted by Gasteiger charge is 2.17. The van der Waals surface area contributed by atoms with Gasteiger partial charge in [0.05, 0.1) is 5.88 Å². The van der Waals surface area contributed by atoms with Crippen molar-refractivity contribution >= 4 is 17.4 Å². The van der Waals surface area contributed by atoms with Crippen LogP contribution in [0.25, 0.3) is 0 Å². The largest absolute Gasteiger partial charge is 0.454 e. The molecule has 0 aliphatic carbocycles. The minimum absolute atomic E-state index is 0.00350. The van der Waals surface area contributed by atoms with Crippen LogP contribution in [0.5, 0.6) is 11.5 Å². The van der Waals surface area contributed by atoms with Crippen molar-refractivity contribution in [1.29, 1.82) is 0 Å². The minimum Gasteiger partial charge on any atom is -0.454 e. The second-order valence-corrected chi connectivity index (χ2v) is 4.13. The van der Waals surface area contributed by atoms with Crippen LogP contribution in [0.15, 0.2) is 18.2 Å². The van der Waals surface area contributed by atoms with Crippen molar-refractivity contribution < 1.29 is 14.3 Å². The summed E-state index contributed by atoms with van der Waals surface area (Å²) in [5.41, 5.74) is 0.508. The molecule has 3 rings (SSSR count). The smallest absolute Gasteiger partial charge is 0.231 e. The number of halogens is 1. The van der Waals surface area contributed by atoms with Crippen LogP contribution in [-0.2, 0) is 12.4 Å². The Balaban J connectivity index is 1.76. The number of rotatable bonds is 4. The van der Waals surface area contributed by atoms with Gasteiger partial charge in [0, 0.05) is 5.56 Å². The van der Waals surface area contributed by atoms with Crippen molar-refractivity contribution in [3.63, 3.8) is 0 Å². The summed E-state index contributed by atoms with van der Waals surface area (Å²) >= 11 is 5.56. The second-order valence-electron chi connectivity index (χ2n) is 3.86. The van der Waals surface area contributed by atoms with Gasteiger partial charge in [-0.3, -0.25) is 4.79 Å². The van der Waals surface area contributed by atoms with E-state index in [-0.39, 0.29) is 25.0 Å². The van der Waals surface area contributed by atoms with Crippen molar-refractivity contribution in [3.8, 4) is 11.5 Å². The summed E-state index contributed by atoms with van der Waals surface area (Å²) in [4.78, 5) is 13.3. The van der Waals surface area contributed by atoms with E-state index in [1.807, 2.05) is 0 Å². The van der Waals surface area contributed by atoms with Gasteiger partial charge in [-0.15, -0.1) is 21.8 Å². The first-order valence-corrected chi connectivity index (χ1v) is 6.05. The molecule has 0 fully saturated rings. The fourth-order valence-corrected chi connectivity index (χ4v) is 1.79. The van der Waals surface area contributed by atoms with Crippen molar-refractivity contribution in [3.05, 3.63) is 29.6 Å². The fraction of sp³-hybridized carbons (Fsp3) is 0.273. The van der Waals surface area contributed by atoms with Gasteiger partial charge < -0.3 is 9.47 Å². The SMILES string of the molecule is O=C(Cn1nnc(CCl)n1)c1ccc2c(c1)OCO2. The molecule has 0 N–H and O–H groups in total. The highest BCUT2D eigenvalue weighted by molar-refractivity contribution is 6.16. The molecule has 1 aromatic heterocycles. The molecule has 1 aromatic carbocycles. The van der Waals surface area contributed by atoms with E-state index in [1.54, 1.807) is 18.2 Å². The molecule has 0 bridgehead atoms. The fourth-order valence-electron chi connectivity index (χ4n) is 1.69. The summed E-state index contributed by atoms with van der Waals surface area (Å²) in [6.45, 7) is 0.181.